The number of hydrogen-bond donors (Lipinski definition) is 1. The van der Waals surface area contributed by atoms with Crippen LogP contribution >= 0.6 is 0 Å². The van der Waals surface area contributed by atoms with E-state index >= 15 is 0 Å². The van der Waals surface area contributed by atoms with E-state index in [1.165, 1.54) is 32.1 Å². The lowest BCUT2D eigenvalue weighted by molar-refractivity contribution is 0.0437. The largest absolute Gasteiger partial charge is 0.384 e. The summed E-state index contributed by atoms with van der Waals surface area (Å²) in [5.74, 6) is 0. The van der Waals surface area contributed by atoms with Crippen LogP contribution in [-0.4, -0.2) is 25.8 Å². The van der Waals surface area contributed by atoms with Gasteiger partial charge in [-0.25, -0.2) is 0 Å². The summed E-state index contributed by atoms with van der Waals surface area (Å²) in [6.07, 6.45) is 6.79. The van der Waals surface area contributed by atoms with Crippen molar-refractivity contribution in [1.29, 1.82) is 0 Å². The van der Waals surface area contributed by atoms with Crippen molar-refractivity contribution in [3.63, 3.8) is 0 Å². The maximum atomic E-state index is 5.41. The van der Waals surface area contributed by atoms with Gasteiger partial charge in [0.25, 0.3) is 0 Å². The molecule has 1 saturated carbocycles. The summed E-state index contributed by atoms with van der Waals surface area (Å²) >= 11 is 0. The molecule has 0 heterocycles. The Hall–Kier alpha value is -0.0800. The molecule has 1 N–H and O–H groups in total. The van der Waals surface area contributed by atoms with Crippen molar-refractivity contribution in [2.24, 2.45) is 5.41 Å². The van der Waals surface area contributed by atoms with Gasteiger partial charge in [-0.15, -0.1) is 0 Å². The van der Waals surface area contributed by atoms with Gasteiger partial charge in [-0.05, 0) is 33.6 Å². The minimum absolute atomic E-state index is 0.220. The van der Waals surface area contributed by atoms with Gasteiger partial charge in [0.2, 0.25) is 0 Å². The summed E-state index contributed by atoms with van der Waals surface area (Å²) in [4.78, 5) is 0. The van der Waals surface area contributed by atoms with Gasteiger partial charge in [0, 0.05) is 24.6 Å². The summed E-state index contributed by atoms with van der Waals surface area (Å²) < 4.78 is 5.41. The van der Waals surface area contributed by atoms with Crippen molar-refractivity contribution >= 4 is 0 Å². The van der Waals surface area contributed by atoms with Crippen LogP contribution < -0.4 is 5.32 Å². The van der Waals surface area contributed by atoms with Crippen molar-refractivity contribution in [3.8, 4) is 0 Å². The van der Waals surface area contributed by atoms with Crippen LogP contribution in [0.2, 0.25) is 0 Å². The molecule has 15 heavy (non-hydrogen) atoms. The van der Waals surface area contributed by atoms with Gasteiger partial charge < -0.3 is 10.1 Å². The molecule has 0 atom stereocenters. The van der Waals surface area contributed by atoms with Gasteiger partial charge in [0.1, 0.15) is 0 Å². The molecule has 1 rings (SSSR count). The molecule has 2 nitrogen and oxygen atoms in total. The highest BCUT2D eigenvalue weighted by atomic mass is 16.5. The Balaban J connectivity index is 2.48. The molecule has 1 fully saturated rings. The summed E-state index contributed by atoms with van der Waals surface area (Å²) in [6.45, 7) is 8.71. The Bertz CT molecular complexity index is 172. The van der Waals surface area contributed by atoms with Crippen LogP contribution in [0.3, 0.4) is 0 Å². The van der Waals surface area contributed by atoms with E-state index in [1.54, 1.807) is 0 Å². The minimum atomic E-state index is 0.220. The Morgan fingerprint density at radius 3 is 2.20 bits per heavy atom. The second-order valence-corrected chi connectivity index (χ2v) is 6.10. The Labute approximate surface area is 94.8 Å². The van der Waals surface area contributed by atoms with E-state index < -0.39 is 0 Å². The third kappa shape index (κ3) is 4.52. The zero-order valence-electron chi connectivity index (χ0n) is 10.9. The van der Waals surface area contributed by atoms with E-state index in [1.807, 2.05) is 7.11 Å². The van der Waals surface area contributed by atoms with E-state index in [0.29, 0.717) is 5.41 Å². The Morgan fingerprint density at radius 1 is 1.13 bits per heavy atom. The summed E-state index contributed by atoms with van der Waals surface area (Å²) in [7, 11) is 1.83. The molecule has 1 aliphatic rings. The molecule has 1 aliphatic carbocycles. The van der Waals surface area contributed by atoms with E-state index in [0.717, 1.165) is 13.2 Å². The van der Waals surface area contributed by atoms with Crippen LogP contribution in [0.1, 0.15) is 52.9 Å². The fraction of sp³-hybridized carbons (Fsp3) is 1.00. The first-order valence-corrected chi connectivity index (χ1v) is 6.21. The first kappa shape index (κ1) is 13.0. The van der Waals surface area contributed by atoms with Crippen molar-refractivity contribution in [1.82, 2.24) is 5.32 Å². The molecule has 0 saturated heterocycles. The molecule has 90 valence electrons. The molecule has 0 aliphatic heterocycles. The van der Waals surface area contributed by atoms with Crippen molar-refractivity contribution in [2.45, 2.75) is 58.4 Å². The number of hydrogen-bond acceptors (Lipinski definition) is 2. The van der Waals surface area contributed by atoms with E-state index in [4.69, 9.17) is 4.74 Å². The third-order valence-electron chi connectivity index (χ3n) is 3.36. The van der Waals surface area contributed by atoms with E-state index in [2.05, 4.69) is 26.1 Å². The summed E-state index contributed by atoms with van der Waals surface area (Å²) in [6, 6.07) is 0. The van der Waals surface area contributed by atoms with E-state index in [9.17, 15) is 0 Å². The van der Waals surface area contributed by atoms with Gasteiger partial charge in [-0.2, -0.15) is 0 Å². The zero-order valence-corrected chi connectivity index (χ0v) is 10.9. The third-order valence-corrected chi connectivity index (χ3v) is 3.36. The molecule has 0 aromatic carbocycles. The lowest BCUT2D eigenvalue weighted by atomic mass is 9.74. The fourth-order valence-corrected chi connectivity index (χ4v) is 2.43. The minimum Gasteiger partial charge on any atom is -0.384 e. The van der Waals surface area contributed by atoms with E-state index in [-0.39, 0.29) is 5.54 Å². The molecule has 2 heteroatoms. The maximum absolute atomic E-state index is 5.41. The second kappa shape index (κ2) is 5.31. The van der Waals surface area contributed by atoms with Gasteiger partial charge in [0.15, 0.2) is 0 Å². The van der Waals surface area contributed by atoms with Crippen LogP contribution in [0.15, 0.2) is 0 Å². The standard InChI is InChI=1S/C13H27NO/c1-12(2,3)14-10-13(11-15-4)8-6-5-7-9-13/h14H,5-11H2,1-4H3. The molecule has 0 spiro atoms. The Morgan fingerprint density at radius 2 is 1.73 bits per heavy atom. The quantitative estimate of drug-likeness (QED) is 0.775. The van der Waals surface area contributed by atoms with Crippen LogP contribution in [0.4, 0.5) is 0 Å². The second-order valence-electron chi connectivity index (χ2n) is 6.10. The number of rotatable bonds is 4. The first-order valence-electron chi connectivity index (χ1n) is 6.21. The molecule has 0 unspecified atom stereocenters. The highest BCUT2D eigenvalue weighted by Crippen LogP contribution is 2.36. The van der Waals surface area contributed by atoms with Crippen LogP contribution in [0.5, 0.6) is 0 Å². The predicted octanol–water partition coefficient (Wildman–Crippen LogP) is 2.97. The highest BCUT2D eigenvalue weighted by Gasteiger charge is 2.32. The predicted molar refractivity (Wildman–Crippen MR) is 65.1 cm³/mol. The average molecular weight is 213 g/mol. The van der Waals surface area contributed by atoms with Crippen molar-refractivity contribution < 1.29 is 4.74 Å². The monoisotopic (exact) mass is 213 g/mol. The molecule has 0 aromatic heterocycles. The SMILES string of the molecule is COCC1(CNC(C)(C)C)CCCCC1. The average Bonchev–Trinajstić information content (AvgIpc) is 2.16. The zero-order chi connectivity index (χ0) is 11.4. The molecule has 0 amide bonds. The van der Waals surface area contributed by atoms with Gasteiger partial charge in [-0.3, -0.25) is 0 Å². The lowest BCUT2D eigenvalue weighted by Gasteiger charge is -2.39. The molecule has 0 bridgehead atoms. The van der Waals surface area contributed by atoms with Crippen LogP contribution in [-0.2, 0) is 4.74 Å². The van der Waals surface area contributed by atoms with Gasteiger partial charge in [0.05, 0.1) is 6.61 Å². The molecule has 0 radical (unpaired) electrons. The normalized spacial score (nSPS) is 21.6. The number of methoxy groups -OCH3 is 1. The highest BCUT2D eigenvalue weighted by molar-refractivity contribution is 4.87. The van der Waals surface area contributed by atoms with Gasteiger partial charge in [-0.1, -0.05) is 19.3 Å². The number of ether oxygens (including phenoxy) is 1. The first-order chi connectivity index (χ1) is 6.97. The summed E-state index contributed by atoms with van der Waals surface area (Å²) in [5.41, 5.74) is 0.623. The summed E-state index contributed by atoms with van der Waals surface area (Å²) in [5, 5.41) is 3.64. The van der Waals surface area contributed by atoms with Crippen LogP contribution in [0, 0.1) is 5.41 Å². The topological polar surface area (TPSA) is 21.3 Å². The fourth-order valence-electron chi connectivity index (χ4n) is 2.43. The molecular weight excluding hydrogens is 186 g/mol. The van der Waals surface area contributed by atoms with Crippen molar-refractivity contribution in [2.75, 3.05) is 20.3 Å². The maximum Gasteiger partial charge on any atom is 0.0530 e. The lowest BCUT2D eigenvalue weighted by Crippen LogP contribution is -2.46. The number of nitrogens with one attached hydrogen (secondary N) is 1. The molecular formula is C13H27NO. The Kier molecular flexibility index (Phi) is 4.60. The van der Waals surface area contributed by atoms with Gasteiger partial charge >= 0.3 is 0 Å². The van der Waals surface area contributed by atoms with Crippen molar-refractivity contribution in [3.05, 3.63) is 0 Å². The molecule has 0 aromatic rings. The van der Waals surface area contributed by atoms with Crippen LogP contribution in [0.25, 0.3) is 0 Å². The smallest absolute Gasteiger partial charge is 0.0530 e.